The summed E-state index contributed by atoms with van der Waals surface area (Å²) in [4.78, 5) is 0. The third kappa shape index (κ3) is 4.22. The lowest BCUT2D eigenvalue weighted by molar-refractivity contribution is 0.129. The zero-order valence-electron chi connectivity index (χ0n) is 12.6. The minimum absolute atomic E-state index is 0.407. The number of rotatable bonds is 8. The molecule has 1 fully saturated rings. The number of nitrogens with zero attached hydrogens (tertiary/aromatic N) is 2. The molecule has 1 aliphatic rings. The van der Waals surface area contributed by atoms with Gasteiger partial charge >= 0.3 is 0 Å². The topological polar surface area (TPSA) is 48.3 Å². The van der Waals surface area contributed by atoms with E-state index in [0.717, 1.165) is 37.8 Å². The van der Waals surface area contributed by atoms with E-state index in [4.69, 9.17) is 9.47 Å². The molecular formula is C14H25N3O2S. The fourth-order valence-electron chi connectivity index (χ4n) is 2.40. The second-order valence-corrected chi connectivity index (χ2v) is 6.12. The highest BCUT2D eigenvalue weighted by Gasteiger charge is 2.19. The summed E-state index contributed by atoms with van der Waals surface area (Å²) in [5.74, 6) is 1.02. The molecular weight excluding hydrogens is 274 g/mol. The van der Waals surface area contributed by atoms with Crippen molar-refractivity contribution in [2.24, 2.45) is 7.05 Å². The van der Waals surface area contributed by atoms with Gasteiger partial charge in [0.2, 0.25) is 0 Å². The van der Waals surface area contributed by atoms with Crippen molar-refractivity contribution in [3.63, 3.8) is 0 Å². The van der Waals surface area contributed by atoms with Gasteiger partial charge in [-0.25, -0.2) is 0 Å². The quantitative estimate of drug-likeness (QED) is 0.585. The molecule has 0 saturated carbocycles. The number of aryl methyl sites for hydroxylation is 2. The second kappa shape index (κ2) is 8.02. The Morgan fingerprint density at radius 2 is 2.40 bits per heavy atom. The van der Waals surface area contributed by atoms with E-state index in [1.165, 1.54) is 23.4 Å². The Bertz CT molecular complexity index is 417. The van der Waals surface area contributed by atoms with Gasteiger partial charge in [0.25, 0.3) is 0 Å². The van der Waals surface area contributed by atoms with Crippen molar-refractivity contribution in [2.75, 3.05) is 32.6 Å². The second-order valence-electron chi connectivity index (χ2n) is 5.11. The van der Waals surface area contributed by atoms with Gasteiger partial charge < -0.3 is 14.8 Å². The van der Waals surface area contributed by atoms with Crippen molar-refractivity contribution in [1.82, 2.24) is 15.1 Å². The normalized spacial score (nSPS) is 18.9. The van der Waals surface area contributed by atoms with E-state index < -0.39 is 0 Å². The molecule has 0 aromatic carbocycles. The van der Waals surface area contributed by atoms with Crippen LogP contribution in [-0.2, 0) is 23.1 Å². The molecule has 6 heteroatoms. The molecule has 114 valence electrons. The first-order chi connectivity index (χ1) is 9.72. The van der Waals surface area contributed by atoms with Crippen LogP contribution in [0.3, 0.4) is 0 Å². The number of nitrogens with one attached hydrogen (secondary N) is 1. The molecule has 1 N–H and O–H groups in total. The Morgan fingerprint density at radius 1 is 1.55 bits per heavy atom. The lowest BCUT2D eigenvalue weighted by atomic mass is 10.2. The molecule has 0 aliphatic carbocycles. The van der Waals surface area contributed by atoms with Crippen molar-refractivity contribution >= 4 is 11.8 Å². The Balaban J connectivity index is 1.91. The molecule has 5 nitrogen and oxygen atoms in total. The maximum atomic E-state index is 5.69. The maximum absolute atomic E-state index is 5.69. The van der Waals surface area contributed by atoms with Gasteiger partial charge in [0.1, 0.15) is 0 Å². The number of methoxy groups -OCH3 is 1. The molecule has 1 unspecified atom stereocenters. The summed E-state index contributed by atoms with van der Waals surface area (Å²) in [6.07, 6.45) is 2.79. The van der Waals surface area contributed by atoms with E-state index in [0.29, 0.717) is 6.10 Å². The molecule has 2 heterocycles. The fourth-order valence-corrected chi connectivity index (χ4v) is 3.63. The van der Waals surface area contributed by atoms with Crippen LogP contribution in [0.2, 0.25) is 0 Å². The zero-order valence-corrected chi connectivity index (χ0v) is 13.5. The van der Waals surface area contributed by atoms with Crippen LogP contribution in [0.5, 0.6) is 0 Å². The summed E-state index contributed by atoms with van der Waals surface area (Å²) >= 11 is 1.86. The smallest absolute Gasteiger partial charge is 0.0985 e. The van der Waals surface area contributed by atoms with Crippen LogP contribution >= 0.6 is 11.8 Å². The van der Waals surface area contributed by atoms with Gasteiger partial charge in [-0.2, -0.15) is 5.10 Å². The largest absolute Gasteiger partial charge is 0.383 e. The lowest BCUT2D eigenvalue weighted by Gasteiger charge is -2.11. The number of ether oxygens (including phenoxy) is 2. The summed E-state index contributed by atoms with van der Waals surface area (Å²) in [7, 11) is 3.74. The molecule has 1 saturated heterocycles. The minimum Gasteiger partial charge on any atom is -0.383 e. The van der Waals surface area contributed by atoms with E-state index >= 15 is 0 Å². The summed E-state index contributed by atoms with van der Waals surface area (Å²) in [5, 5.41) is 9.19. The maximum Gasteiger partial charge on any atom is 0.0985 e. The van der Waals surface area contributed by atoms with Crippen LogP contribution in [0.1, 0.15) is 24.1 Å². The van der Waals surface area contributed by atoms with E-state index in [9.17, 15) is 0 Å². The fraction of sp³-hybridized carbons (Fsp3) is 0.786. The summed E-state index contributed by atoms with van der Waals surface area (Å²) in [5.41, 5.74) is 2.40. The molecule has 1 atom stereocenters. The van der Waals surface area contributed by atoms with Crippen molar-refractivity contribution in [1.29, 1.82) is 0 Å². The van der Waals surface area contributed by atoms with Gasteiger partial charge in [-0.05, 0) is 19.8 Å². The van der Waals surface area contributed by atoms with E-state index in [2.05, 4.69) is 17.3 Å². The van der Waals surface area contributed by atoms with Crippen LogP contribution in [0, 0.1) is 6.92 Å². The molecule has 1 aromatic rings. The third-order valence-electron chi connectivity index (χ3n) is 3.50. The van der Waals surface area contributed by atoms with E-state index in [-0.39, 0.29) is 0 Å². The lowest BCUT2D eigenvalue weighted by Crippen LogP contribution is -2.19. The van der Waals surface area contributed by atoms with Crippen molar-refractivity contribution in [3.8, 4) is 0 Å². The Morgan fingerprint density at radius 3 is 3.10 bits per heavy atom. The predicted molar refractivity (Wildman–Crippen MR) is 81.2 cm³/mol. The van der Waals surface area contributed by atoms with Crippen LogP contribution in [0.25, 0.3) is 0 Å². The average Bonchev–Trinajstić information content (AvgIpc) is 3.02. The predicted octanol–water partition coefficient (Wildman–Crippen LogP) is 1.74. The van der Waals surface area contributed by atoms with Gasteiger partial charge in [-0.3, -0.25) is 4.68 Å². The number of thioether (sulfide) groups is 1. The van der Waals surface area contributed by atoms with Gasteiger partial charge in [0, 0.05) is 45.2 Å². The minimum atomic E-state index is 0.407. The highest BCUT2D eigenvalue weighted by molar-refractivity contribution is 7.99. The Kier molecular flexibility index (Phi) is 6.35. The molecule has 1 aliphatic heterocycles. The third-order valence-corrected chi connectivity index (χ3v) is 4.83. The Hall–Kier alpha value is -0.560. The number of hydrogen-bond donors (Lipinski definition) is 1. The molecule has 0 amide bonds. The van der Waals surface area contributed by atoms with Crippen molar-refractivity contribution in [2.45, 2.75) is 37.4 Å². The van der Waals surface area contributed by atoms with Crippen LogP contribution in [0.15, 0.2) is 5.03 Å². The first-order valence-electron chi connectivity index (χ1n) is 7.19. The Labute approximate surface area is 125 Å². The number of aromatic nitrogens is 2. The summed E-state index contributed by atoms with van der Waals surface area (Å²) in [6.45, 7) is 5.43. The molecule has 20 heavy (non-hydrogen) atoms. The van der Waals surface area contributed by atoms with Gasteiger partial charge in [-0.1, -0.05) is 0 Å². The first-order valence-corrected chi connectivity index (χ1v) is 8.17. The highest BCUT2D eigenvalue weighted by atomic mass is 32.2. The van der Waals surface area contributed by atoms with Crippen molar-refractivity contribution in [3.05, 3.63) is 11.3 Å². The molecule has 2 rings (SSSR count). The molecule has 1 aromatic heterocycles. The standard InChI is InChI=1S/C14H25N3O2S/c1-11-13(9-15-6-8-18-3)14(17(2)16-11)20-10-12-5-4-7-19-12/h12,15H,4-10H2,1-3H3. The monoisotopic (exact) mass is 299 g/mol. The van der Waals surface area contributed by atoms with Crippen LogP contribution < -0.4 is 5.32 Å². The SMILES string of the molecule is COCCNCc1c(C)nn(C)c1SCC1CCCO1. The highest BCUT2D eigenvalue weighted by Crippen LogP contribution is 2.28. The molecule has 0 spiro atoms. The van der Waals surface area contributed by atoms with E-state index in [1.54, 1.807) is 7.11 Å². The van der Waals surface area contributed by atoms with E-state index in [1.807, 2.05) is 23.5 Å². The average molecular weight is 299 g/mol. The summed E-state index contributed by atoms with van der Waals surface area (Å²) < 4.78 is 12.7. The van der Waals surface area contributed by atoms with Gasteiger partial charge in [0.15, 0.2) is 0 Å². The first kappa shape index (κ1) is 15.8. The zero-order chi connectivity index (χ0) is 14.4. The molecule has 0 radical (unpaired) electrons. The van der Waals surface area contributed by atoms with Crippen LogP contribution in [-0.4, -0.2) is 48.5 Å². The number of hydrogen-bond acceptors (Lipinski definition) is 5. The van der Waals surface area contributed by atoms with Gasteiger partial charge in [0.05, 0.1) is 23.4 Å². The van der Waals surface area contributed by atoms with Crippen molar-refractivity contribution < 1.29 is 9.47 Å². The van der Waals surface area contributed by atoms with Gasteiger partial charge in [-0.15, -0.1) is 11.8 Å². The van der Waals surface area contributed by atoms with Crippen LogP contribution in [0.4, 0.5) is 0 Å². The molecule has 0 bridgehead atoms. The summed E-state index contributed by atoms with van der Waals surface area (Å²) in [6, 6.07) is 0.